The molecule has 0 bridgehead atoms. The van der Waals surface area contributed by atoms with Gasteiger partial charge in [-0.05, 0) is 20.3 Å². The molecule has 1 saturated heterocycles. The normalized spacial score (nSPS) is 25.5. The van der Waals surface area contributed by atoms with Crippen LogP contribution >= 0.6 is 0 Å². The molecule has 0 amide bonds. The maximum atomic E-state index is 11.5. The molecule has 1 aliphatic rings. The Balaban J connectivity index is 2.53. The molecule has 1 atom stereocenters. The number of rotatable bonds is 2. The van der Waals surface area contributed by atoms with Crippen LogP contribution in [0.5, 0.6) is 0 Å². The second-order valence-corrected chi connectivity index (χ2v) is 3.65. The molecule has 1 aliphatic heterocycles. The lowest BCUT2D eigenvalue weighted by Gasteiger charge is -2.19. The van der Waals surface area contributed by atoms with Crippen molar-refractivity contribution in [3.8, 4) is 0 Å². The van der Waals surface area contributed by atoms with Gasteiger partial charge in [0.25, 0.3) is 0 Å². The summed E-state index contributed by atoms with van der Waals surface area (Å²) in [6, 6.07) is 0. The predicted octanol–water partition coefficient (Wildman–Crippen LogP) is 0.329. The molecule has 11 heavy (non-hydrogen) atoms. The molecule has 1 heterocycles. The summed E-state index contributed by atoms with van der Waals surface area (Å²) < 4.78 is 5.10. The first kappa shape index (κ1) is 8.68. The van der Waals surface area contributed by atoms with Gasteiger partial charge in [-0.2, -0.15) is 0 Å². The summed E-state index contributed by atoms with van der Waals surface area (Å²) in [6.45, 7) is 4.74. The Morgan fingerprint density at radius 2 is 2.27 bits per heavy atom. The van der Waals surface area contributed by atoms with E-state index in [4.69, 9.17) is 10.5 Å². The molecule has 0 saturated carbocycles. The van der Waals surface area contributed by atoms with Gasteiger partial charge in [0.05, 0.1) is 12.1 Å². The molecular weight excluding hydrogens is 142 g/mol. The molecule has 1 fully saturated rings. The average molecular weight is 157 g/mol. The first-order valence-electron chi connectivity index (χ1n) is 3.93. The van der Waals surface area contributed by atoms with E-state index in [-0.39, 0.29) is 11.7 Å². The number of hydrogen-bond acceptors (Lipinski definition) is 3. The van der Waals surface area contributed by atoms with Gasteiger partial charge >= 0.3 is 0 Å². The average Bonchev–Trinajstić information content (AvgIpc) is 2.34. The monoisotopic (exact) mass is 157 g/mol. The van der Waals surface area contributed by atoms with Gasteiger partial charge in [0.1, 0.15) is 0 Å². The SMILES string of the molecule is CC(C)(N)C(=O)C1CCOC1. The fourth-order valence-electron chi connectivity index (χ4n) is 1.27. The van der Waals surface area contributed by atoms with Crippen molar-refractivity contribution in [3.05, 3.63) is 0 Å². The van der Waals surface area contributed by atoms with E-state index in [9.17, 15) is 4.79 Å². The third-order valence-corrected chi connectivity index (χ3v) is 1.94. The highest BCUT2D eigenvalue weighted by molar-refractivity contribution is 5.89. The summed E-state index contributed by atoms with van der Waals surface area (Å²) in [5.41, 5.74) is 4.96. The number of carbonyl (C=O) groups excluding carboxylic acids is 1. The van der Waals surface area contributed by atoms with Gasteiger partial charge in [-0.25, -0.2) is 0 Å². The quantitative estimate of drug-likeness (QED) is 0.628. The number of ketones is 1. The first-order chi connectivity index (χ1) is 5.02. The Labute approximate surface area is 66.9 Å². The molecule has 3 nitrogen and oxygen atoms in total. The Bertz CT molecular complexity index is 154. The molecular formula is C8H15NO2. The lowest BCUT2D eigenvalue weighted by Crippen LogP contribution is -2.45. The number of Topliss-reactive ketones (excluding diaryl/α,β-unsaturated/α-hetero) is 1. The van der Waals surface area contributed by atoms with Crippen LogP contribution in [0.2, 0.25) is 0 Å². The van der Waals surface area contributed by atoms with Crippen LogP contribution in [0.15, 0.2) is 0 Å². The summed E-state index contributed by atoms with van der Waals surface area (Å²) in [5, 5.41) is 0. The largest absolute Gasteiger partial charge is 0.381 e. The molecule has 0 aromatic carbocycles. The van der Waals surface area contributed by atoms with E-state index in [1.807, 2.05) is 0 Å². The van der Waals surface area contributed by atoms with Crippen LogP contribution < -0.4 is 5.73 Å². The van der Waals surface area contributed by atoms with E-state index in [1.165, 1.54) is 0 Å². The molecule has 2 N–H and O–H groups in total. The van der Waals surface area contributed by atoms with E-state index in [0.717, 1.165) is 6.42 Å². The van der Waals surface area contributed by atoms with E-state index in [0.29, 0.717) is 13.2 Å². The molecule has 0 aromatic heterocycles. The zero-order chi connectivity index (χ0) is 8.48. The molecule has 64 valence electrons. The van der Waals surface area contributed by atoms with Crippen LogP contribution in [0, 0.1) is 5.92 Å². The summed E-state index contributed by atoms with van der Waals surface area (Å²) in [4.78, 5) is 11.5. The number of carbonyl (C=O) groups is 1. The maximum Gasteiger partial charge on any atom is 0.157 e. The first-order valence-corrected chi connectivity index (χ1v) is 3.93. The number of nitrogens with two attached hydrogens (primary N) is 1. The second kappa shape index (κ2) is 2.91. The number of ether oxygens (including phenoxy) is 1. The van der Waals surface area contributed by atoms with Crippen molar-refractivity contribution in [2.75, 3.05) is 13.2 Å². The van der Waals surface area contributed by atoms with Crippen LogP contribution in [0.4, 0.5) is 0 Å². The highest BCUT2D eigenvalue weighted by Gasteiger charge is 2.32. The van der Waals surface area contributed by atoms with E-state index in [1.54, 1.807) is 13.8 Å². The fourth-order valence-corrected chi connectivity index (χ4v) is 1.27. The summed E-state index contributed by atoms with van der Waals surface area (Å²) in [6.07, 6.45) is 0.833. The Kier molecular flexibility index (Phi) is 2.30. The molecule has 0 aromatic rings. The fraction of sp³-hybridized carbons (Fsp3) is 0.875. The second-order valence-electron chi connectivity index (χ2n) is 3.65. The molecule has 3 heteroatoms. The minimum absolute atomic E-state index is 0.0370. The van der Waals surface area contributed by atoms with Crippen LogP contribution in [-0.4, -0.2) is 24.5 Å². The standard InChI is InChI=1S/C8H15NO2/c1-8(2,9)7(10)6-3-4-11-5-6/h6H,3-5,9H2,1-2H3. The summed E-state index contributed by atoms with van der Waals surface area (Å²) >= 11 is 0. The highest BCUT2D eigenvalue weighted by Crippen LogP contribution is 2.18. The van der Waals surface area contributed by atoms with Crippen molar-refractivity contribution in [2.24, 2.45) is 11.7 Å². The zero-order valence-corrected chi connectivity index (χ0v) is 7.09. The van der Waals surface area contributed by atoms with E-state index in [2.05, 4.69) is 0 Å². The lowest BCUT2D eigenvalue weighted by molar-refractivity contribution is -0.127. The lowest BCUT2D eigenvalue weighted by atomic mass is 9.89. The molecule has 1 unspecified atom stereocenters. The van der Waals surface area contributed by atoms with Gasteiger partial charge < -0.3 is 10.5 Å². The molecule has 0 aliphatic carbocycles. The predicted molar refractivity (Wildman–Crippen MR) is 42.2 cm³/mol. The van der Waals surface area contributed by atoms with Gasteiger partial charge in [0.15, 0.2) is 5.78 Å². The van der Waals surface area contributed by atoms with Crippen molar-refractivity contribution < 1.29 is 9.53 Å². The van der Waals surface area contributed by atoms with Crippen molar-refractivity contribution in [1.29, 1.82) is 0 Å². The van der Waals surface area contributed by atoms with Crippen LogP contribution in [0.25, 0.3) is 0 Å². The van der Waals surface area contributed by atoms with Gasteiger partial charge in [-0.3, -0.25) is 4.79 Å². The van der Waals surface area contributed by atoms with Gasteiger partial charge in [-0.1, -0.05) is 0 Å². The minimum atomic E-state index is -0.696. The third kappa shape index (κ3) is 2.01. The van der Waals surface area contributed by atoms with E-state index >= 15 is 0 Å². The number of hydrogen-bond donors (Lipinski definition) is 1. The van der Waals surface area contributed by atoms with Crippen LogP contribution in [0.1, 0.15) is 20.3 Å². The van der Waals surface area contributed by atoms with Crippen molar-refractivity contribution in [3.63, 3.8) is 0 Å². The summed E-state index contributed by atoms with van der Waals surface area (Å²) in [5.74, 6) is 0.157. The van der Waals surface area contributed by atoms with Crippen LogP contribution in [-0.2, 0) is 9.53 Å². The van der Waals surface area contributed by atoms with E-state index < -0.39 is 5.54 Å². The van der Waals surface area contributed by atoms with Gasteiger partial charge in [0, 0.05) is 12.5 Å². The minimum Gasteiger partial charge on any atom is -0.381 e. The van der Waals surface area contributed by atoms with Gasteiger partial charge in [0.2, 0.25) is 0 Å². The molecule has 0 radical (unpaired) electrons. The Hall–Kier alpha value is -0.410. The van der Waals surface area contributed by atoms with Crippen molar-refractivity contribution in [1.82, 2.24) is 0 Å². The molecule has 0 spiro atoms. The highest BCUT2D eigenvalue weighted by atomic mass is 16.5. The topological polar surface area (TPSA) is 52.3 Å². The Morgan fingerprint density at radius 1 is 1.64 bits per heavy atom. The third-order valence-electron chi connectivity index (χ3n) is 1.94. The van der Waals surface area contributed by atoms with Gasteiger partial charge in [-0.15, -0.1) is 0 Å². The van der Waals surface area contributed by atoms with Crippen molar-refractivity contribution >= 4 is 5.78 Å². The maximum absolute atomic E-state index is 11.5. The van der Waals surface area contributed by atoms with Crippen molar-refractivity contribution in [2.45, 2.75) is 25.8 Å². The Morgan fingerprint density at radius 3 is 2.64 bits per heavy atom. The van der Waals surface area contributed by atoms with Crippen LogP contribution in [0.3, 0.4) is 0 Å². The molecule has 1 rings (SSSR count). The smallest absolute Gasteiger partial charge is 0.157 e. The zero-order valence-electron chi connectivity index (χ0n) is 7.09. The summed E-state index contributed by atoms with van der Waals surface area (Å²) in [7, 11) is 0.